The van der Waals surface area contributed by atoms with Gasteiger partial charge in [-0.25, -0.2) is 17.7 Å². The van der Waals surface area contributed by atoms with Gasteiger partial charge in [0.15, 0.2) is 5.96 Å². The molecule has 6 nitrogen and oxygen atoms in total. The van der Waals surface area contributed by atoms with Crippen molar-refractivity contribution < 1.29 is 8.42 Å². The van der Waals surface area contributed by atoms with E-state index in [1.54, 1.807) is 24.3 Å². The van der Waals surface area contributed by atoms with Crippen molar-refractivity contribution in [2.75, 3.05) is 14.1 Å². The second-order valence-electron chi connectivity index (χ2n) is 5.47. The average Bonchev–Trinajstić information content (AvgIpc) is 2.59. The van der Waals surface area contributed by atoms with E-state index in [1.165, 1.54) is 18.4 Å². The molecule has 2 aromatic rings. The van der Waals surface area contributed by atoms with Crippen molar-refractivity contribution in [3.8, 4) is 0 Å². The van der Waals surface area contributed by atoms with Crippen LogP contribution in [0.4, 0.5) is 0 Å². The van der Waals surface area contributed by atoms with Gasteiger partial charge in [-0.2, -0.15) is 0 Å². The monoisotopic (exact) mass is 474 g/mol. The van der Waals surface area contributed by atoms with Crippen LogP contribution in [0.3, 0.4) is 0 Å². The molecule has 0 spiro atoms. The minimum Gasteiger partial charge on any atom is -0.370 e. The quantitative estimate of drug-likeness (QED) is 0.382. The summed E-state index contributed by atoms with van der Waals surface area (Å²) in [6.07, 6.45) is 0. The van der Waals surface area contributed by atoms with Gasteiger partial charge in [-0.15, -0.1) is 24.0 Å². The predicted molar refractivity (Wildman–Crippen MR) is 111 cm³/mol. The third-order valence-electron chi connectivity index (χ3n) is 3.45. The first-order valence-corrected chi connectivity index (χ1v) is 8.93. The van der Waals surface area contributed by atoms with Crippen molar-refractivity contribution in [2.24, 2.45) is 10.7 Å². The van der Waals surface area contributed by atoms with Crippen LogP contribution in [0.2, 0.25) is 0 Å². The van der Waals surface area contributed by atoms with Gasteiger partial charge in [-0.05, 0) is 23.3 Å². The van der Waals surface area contributed by atoms with Crippen LogP contribution in [0, 0.1) is 0 Å². The fraction of sp³-hybridized carbons (Fsp3) is 0.235. The van der Waals surface area contributed by atoms with Crippen LogP contribution in [-0.4, -0.2) is 32.8 Å². The first kappa shape index (κ1) is 21.4. The van der Waals surface area contributed by atoms with Crippen LogP contribution in [0.25, 0.3) is 0 Å². The third-order valence-corrected chi connectivity index (χ3v) is 5.28. The molecule has 25 heavy (non-hydrogen) atoms. The molecule has 8 heteroatoms. The molecular formula is C17H23IN4O2S. The van der Waals surface area contributed by atoms with E-state index in [0.717, 1.165) is 11.1 Å². The molecule has 0 radical (unpaired) electrons. The fourth-order valence-electron chi connectivity index (χ4n) is 2.00. The molecule has 0 saturated heterocycles. The standard InChI is InChI=1S/C17H22N4O2S.HI/c1-21(2)24(22,23)16-10-8-15(9-11-16)13-20-17(18)19-12-14-6-4-3-5-7-14;/h3-11H,12-13H2,1-2H3,(H3,18,19,20);1H. The molecular weight excluding hydrogens is 451 g/mol. The normalized spacial score (nSPS) is 11.9. The fourth-order valence-corrected chi connectivity index (χ4v) is 2.90. The Morgan fingerprint density at radius 2 is 1.64 bits per heavy atom. The number of hydrogen-bond acceptors (Lipinski definition) is 3. The lowest BCUT2D eigenvalue weighted by Gasteiger charge is -2.12. The molecule has 0 unspecified atom stereocenters. The van der Waals surface area contributed by atoms with E-state index in [4.69, 9.17) is 5.73 Å². The lowest BCUT2D eigenvalue weighted by atomic mass is 10.2. The molecule has 0 aliphatic rings. The number of hydrogen-bond donors (Lipinski definition) is 2. The highest BCUT2D eigenvalue weighted by Gasteiger charge is 2.16. The van der Waals surface area contributed by atoms with Crippen LogP contribution in [0.1, 0.15) is 11.1 Å². The van der Waals surface area contributed by atoms with Gasteiger partial charge < -0.3 is 11.1 Å². The second kappa shape index (κ2) is 9.73. The lowest BCUT2D eigenvalue weighted by Crippen LogP contribution is -2.31. The summed E-state index contributed by atoms with van der Waals surface area (Å²) in [5.41, 5.74) is 7.85. The molecule has 0 heterocycles. The van der Waals surface area contributed by atoms with E-state index >= 15 is 0 Å². The van der Waals surface area contributed by atoms with E-state index in [9.17, 15) is 8.42 Å². The number of sulfonamides is 1. The minimum absolute atomic E-state index is 0. The smallest absolute Gasteiger partial charge is 0.242 e. The molecule has 0 amide bonds. The van der Waals surface area contributed by atoms with Crippen LogP contribution in [0.15, 0.2) is 64.5 Å². The molecule has 2 rings (SSSR count). The average molecular weight is 474 g/mol. The summed E-state index contributed by atoms with van der Waals surface area (Å²) < 4.78 is 25.2. The summed E-state index contributed by atoms with van der Waals surface area (Å²) in [7, 11) is -0.382. The third kappa shape index (κ3) is 6.29. The van der Waals surface area contributed by atoms with Crippen molar-refractivity contribution in [3.63, 3.8) is 0 Å². The topological polar surface area (TPSA) is 87.8 Å². The number of benzene rings is 2. The Balaban J connectivity index is 0.00000312. The molecule has 0 aliphatic carbocycles. The molecule has 0 saturated carbocycles. The van der Waals surface area contributed by atoms with Crippen LogP contribution < -0.4 is 11.1 Å². The Bertz CT molecular complexity index is 791. The highest BCUT2D eigenvalue weighted by atomic mass is 127. The summed E-state index contributed by atoms with van der Waals surface area (Å²) in [5, 5.41) is 3.02. The molecule has 0 atom stereocenters. The van der Waals surface area contributed by atoms with Gasteiger partial charge in [0.05, 0.1) is 11.4 Å². The Morgan fingerprint density at radius 1 is 1.04 bits per heavy atom. The van der Waals surface area contributed by atoms with E-state index < -0.39 is 10.0 Å². The summed E-state index contributed by atoms with van der Waals surface area (Å²) in [5.74, 6) is 0.351. The maximum atomic E-state index is 12.0. The minimum atomic E-state index is -3.40. The molecule has 3 N–H and O–H groups in total. The maximum Gasteiger partial charge on any atom is 0.242 e. The van der Waals surface area contributed by atoms with E-state index in [-0.39, 0.29) is 28.9 Å². The number of aliphatic imine (C=N–C) groups is 1. The Hall–Kier alpha value is -1.65. The van der Waals surface area contributed by atoms with Crippen molar-refractivity contribution in [3.05, 3.63) is 65.7 Å². The Kier molecular flexibility index (Phi) is 8.33. The van der Waals surface area contributed by atoms with Crippen LogP contribution in [-0.2, 0) is 23.1 Å². The van der Waals surface area contributed by atoms with Crippen molar-refractivity contribution >= 4 is 40.0 Å². The van der Waals surface area contributed by atoms with E-state index in [0.29, 0.717) is 19.0 Å². The molecule has 0 bridgehead atoms. The number of guanidine groups is 1. The summed E-state index contributed by atoms with van der Waals surface area (Å²) in [6, 6.07) is 16.5. The molecule has 0 aromatic heterocycles. The van der Waals surface area contributed by atoms with Gasteiger partial charge in [-0.3, -0.25) is 0 Å². The summed E-state index contributed by atoms with van der Waals surface area (Å²) in [4.78, 5) is 4.54. The molecule has 2 aromatic carbocycles. The first-order valence-electron chi connectivity index (χ1n) is 7.49. The van der Waals surface area contributed by atoms with E-state index in [2.05, 4.69) is 10.3 Å². The van der Waals surface area contributed by atoms with Gasteiger partial charge in [0.25, 0.3) is 0 Å². The number of rotatable bonds is 6. The largest absolute Gasteiger partial charge is 0.370 e. The molecule has 0 fully saturated rings. The van der Waals surface area contributed by atoms with Crippen LogP contribution >= 0.6 is 24.0 Å². The van der Waals surface area contributed by atoms with Gasteiger partial charge in [0, 0.05) is 20.6 Å². The highest BCUT2D eigenvalue weighted by Crippen LogP contribution is 2.13. The number of nitrogens with zero attached hydrogens (tertiary/aromatic N) is 2. The maximum absolute atomic E-state index is 12.0. The predicted octanol–water partition coefficient (Wildman–Crippen LogP) is 2.16. The van der Waals surface area contributed by atoms with E-state index in [1.807, 2.05) is 30.3 Å². The van der Waals surface area contributed by atoms with Gasteiger partial charge >= 0.3 is 0 Å². The number of halogens is 1. The first-order chi connectivity index (χ1) is 11.4. The molecule has 0 aliphatic heterocycles. The Morgan fingerprint density at radius 3 is 2.20 bits per heavy atom. The van der Waals surface area contributed by atoms with Crippen molar-refractivity contribution in [1.82, 2.24) is 9.62 Å². The van der Waals surface area contributed by atoms with Crippen LogP contribution in [0.5, 0.6) is 0 Å². The SMILES string of the molecule is CN(C)S(=O)(=O)c1ccc(CNC(N)=NCc2ccccc2)cc1.I. The summed E-state index contributed by atoms with van der Waals surface area (Å²) >= 11 is 0. The number of nitrogens with one attached hydrogen (secondary N) is 1. The van der Waals surface area contributed by atoms with Gasteiger partial charge in [0.2, 0.25) is 10.0 Å². The van der Waals surface area contributed by atoms with Crippen molar-refractivity contribution in [1.29, 1.82) is 0 Å². The Labute approximate surface area is 166 Å². The lowest BCUT2D eigenvalue weighted by molar-refractivity contribution is 0.520. The van der Waals surface area contributed by atoms with Gasteiger partial charge in [0.1, 0.15) is 0 Å². The molecule has 136 valence electrons. The zero-order valence-electron chi connectivity index (χ0n) is 14.2. The van der Waals surface area contributed by atoms with Gasteiger partial charge in [-0.1, -0.05) is 42.5 Å². The number of nitrogens with two attached hydrogens (primary N) is 1. The summed E-state index contributed by atoms with van der Waals surface area (Å²) in [6.45, 7) is 0.992. The zero-order chi connectivity index (χ0) is 17.6. The zero-order valence-corrected chi connectivity index (χ0v) is 17.4. The highest BCUT2D eigenvalue weighted by molar-refractivity contribution is 14.0. The second-order valence-corrected chi connectivity index (χ2v) is 7.62. The van der Waals surface area contributed by atoms with Crippen molar-refractivity contribution in [2.45, 2.75) is 18.0 Å².